The van der Waals surface area contributed by atoms with Crippen molar-refractivity contribution in [3.63, 3.8) is 0 Å². The van der Waals surface area contributed by atoms with Crippen LogP contribution in [0, 0.1) is 0 Å². The molecule has 1 saturated carbocycles. The first-order valence-electron chi connectivity index (χ1n) is 11.4. The van der Waals surface area contributed by atoms with Gasteiger partial charge in [-0.25, -0.2) is 0 Å². The van der Waals surface area contributed by atoms with Gasteiger partial charge in [0.25, 0.3) is 0 Å². The highest BCUT2D eigenvalue weighted by molar-refractivity contribution is 6.07. The van der Waals surface area contributed by atoms with E-state index in [1.165, 1.54) is 6.42 Å². The Morgan fingerprint density at radius 2 is 1.16 bits per heavy atom. The van der Waals surface area contributed by atoms with E-state index >= 15 is 0 Å². The number of nitrogens with zero attached hydrogens (tertiary/aromatic N) is 1. The van der Waals surface area contributed by atoms with Crippen LogP contribution >= 0.6 is 0 Å². The Balaban J connectivity index is 1.70. The summed E-state index contributed by atoms with van der Waals surface area (Å²) in [5.41, 5.74) is 3.69. The molecule has 3 aromatic rings. The summed E-state index contributed by atoms with van der Waals surface area (Å²) < 4.78 is 0. The first kappa shape index (κ1) is 21.8. The smallest absolute Gasteiger partial charge is 0.234 e. The molecule has 1 aliphatic carbocycles. The van der Waals surface area contributed by atoms with Crippen molar-refractivity contribution in [2.75, 3.05) is 0 Å². The van der Waals surface area contributed by atoms with Crippen LogP contribution in [0.5, 0.6) is 0 Å². The molecule has 0 radical (unpaired) electrons. The molecule has 0 atom stereocenters. The molecule has 32 heavy (non-hydrogen) atoms. The second-order valence-electron chi connectivity index (χ2n) is 8.33. The van der Waals surface area contributed by atoms with Crippen molar-refractivity contribution in [1.29, 1.82) is 0 Å². The van der Waals surface area contributed by atoms with Crippen LogP contribution in [0.1, 0.15) is 60.0 Å². The first-order valence-corrected chi connectivity index (χ1v) is 11.4. The lowest BCUT2D eigenvalue weighted by molar-refractivity contribution is -0.130. The number of carbonyl (C=O) groups excluding carboxylic acids is 2. The minimum absolute atomic E-state index is 0.117. The van der Waals surface area contributed by atoms with E-state index in [-0.39, 0.29) is 24.2 Å². The highest BCUT2D eigenvalue weighted by atomic mass is 16.2. The molecule has 1 fully saturated rings. The zero-order valence-corrected chi connectivity index (χ0v) is 18.3. The quantitative estimate of drug-likeness (QED) is 0.321. The standard InChI is InChI=1S/C29H29NO2/c31-28(25-17-9-3-10-18-25)21-29(32)30(26-19-11-4-12-20-26)22-27(23-13-5-1-6-14-23)24-15-7-2-8-16-24/h1-3,5-10,13-18,22,26H,4,11-12,19-21H2. The molecule has 0 saturated heterocycles. The molecule has 4 rings (SSSR count). The molecule has 0 heterocycles. The van der Waals surface area contributed by atoms with Gasteiger partial charge in [-0.05, 0) is 24.0 Å². The number of Topliss-reactive ketones (excluding diaryl/α,β-unsaturated/α-hetero) is 1. The van der Waals surface area contributed by atoms with Crippen LogP contribution in [-0.2, 0) is 4.79 Å². The summed E-state index contributed by atoms with van der Waals surface area (Å²) in [4.78, 5) is 28.1. The van der Waals surface area contributed by atoms with Crippen molar-refractivity contribution in [3.05, 3.63) is 114 Å². The van der Waals surface area contributed by atoms with E-state index in [9.17, 15) is 9.59 Å². The fourth-order valence-electron chi connectivity index (χ4n) is 4.39. The lowest BCUT2D eigenvalue weighted by Crippen LogP contribution is -2.38. The Bertz CT molecular complexity index is 1010. The summed E-state index contributed by atoms with van der Waals surface area (Å²) in [6.07, 6.45) is 7.24. The lowest BCUT2D eigenvalue weighted by Gasteiger charge is -2.33. The summed E-state index contributed by atoms with van der Waals surface area (Å²) >= 11 is 0. The number of hydrogen-bond acceptors (Lipinski definition) is 2. The minimum Gasteiger partial charge on any atom is -0.315 e. The van der Waals surface area contributed by atoms with Crippen LogP contribution in [-0.4, -0.2) is 22.6 Å². The van der Waals surface area contributed by atoms with Gasteiger partial charge in [0.2, 0.25) is 5.91 Å². The molecule has 1 aliphatic rings. The summed E-state index contributed by atoms with van der Waals surface area (Å²) in [6, 6.07) is 29.5. The SMILES string of the molecule is O=C(CC(=O)N(C=C(c1ccccc1)c1ccccc1)C1CCCCC1)c1ccccc1. The molecule has 3 nitrogen and oxygen atoms in total. The fraction of sp³-hybridized carbons (Fsp3) is 0.241. The van der Waals surface area contributed by atoms with E-state index in [0.29, 0.717) is 5.56 Å². The topological polar surface area (TPSA) is 37.4 Å². The number of amides is 1. The van der Waals surface area contributed by atoms with E-state index in [2.05, 4.69) is 24.3 Å². The van der Waals surface area contributed by atoms with Gasteiger partial charge in [-0.3, -0.25) is 9.59 Å². The molecule has 1 amide bonds. The fourth-order valence-corrected chi connectivity index (χ4v) is 4.39. The molecule has 0 spiro atoms. The van der Waals surface area contributed by atoms with Crippen LogP contribution < -0.4 is 0 Å². The molecule has 0 unspecified atom stereocenters. The van der Waals surface area contributed by atoms with E-state index in [4.69, 9.17) is 0 Å². The highest BCUT2D eigenvalue weighted by Gasteiger charge is 2.26. The highest BCUT2D eigenvalue weighted by Crippen LogP contribution is 2.29. The molecular formula is C29H29NO2. The maximum atomic E-state index is 13.5. The van der Waals surface area contributed by atoms with Crippen molar-refractivity contribution >= 4 is 17.3 Å². The average molecular weight is 424 g/mol. The van der Waals surface area contributed by atoms with Gasteiger partial charge in [-0.15, -0.1) is 0 Å². The molecular weight excluding hydrogens is 394 g/mol. The van der Waals surface area contributed by atoms with Crippen LogP contribution in [0.4, 0.5) is 0 Å². The van der Waals surface area contributed by atoms with Crippen molar-refractivity contribution in [3.8, 4) is 0 Å². The van der Waals surface area contributed by atoms with Gasteiger partial charge in [0.05, 0.1) is 6.42 Å². The Labute approximate surface area is 190 Å². The average Bonchev–Trinajstić information content (AvgIpc) is 2.86. The largest absolute Gasteiger partial charge is 0.315 e. The number of ketones is 1. The number of rotatable bonds is 7. The first-order chi connectivity index (χ1) is 15.7. The Kier molecular flexibility index (Phi) is 7.29. The van der Waals surface area contributed by atoms with Crippen molar-refractivity contribution in [2.45, 2.75) is 44.6 Å². The van der Waals surface area contributed by atoms with E-state index in [0.717, 1.165) is 42.4 Å². The monoisotopic (exact) mass is 423 g/mol. The molecule has 0 bridgehead atoms. The maximum Gasteiger partial charge on any atom is 0.234 e. The molecule has 3 heteroatoms. The van der Waals surface area contributed by atoms with E-state index in [1.807, 2.05) is 65.7 Å². The second kappa shape index (κ2) is 10.7. The lowest BCUT2D eigenvalue weighted by atomic mass is 9.92. The second-order valence-corrected chi connectivity index (χ2v) is 8.33. The minimum atomic E-state index is -0.134. The molecule has 0 N–H and O–H groups in total. The zero-order chi connectivity index (χ0) is 22.2. The predicted molar refractivity (Wildman–Crippen MR) is 129 cm³/mol. The van der Waals surface area contributed by atoms with Gasteiger partial charge < -0.3 is 4.90 Å². The summed E-state index contributed by atoms with van der Waals surface area (Å²) in [5, 5.41) is 0. The third kappa shape index (κ3) is 5.42. The van der Waals surface area contributed by atoms with Gasteiger partial charge in [0.1, 0.15) is 0 Å². The summed E-state index contributed by atoms with van der Waals surface area (Å²) in [7, 11) is 0. The van der Waals surface area contributed by atoms with Crippen LogP contribution in [0.3, 0.4) is 0 Å². The van der Waals surface area contributed by atoms with E-state index < -0.39 is 0 Å². The van der Waals surface area contributed by atoms with Gasteiger partial charge >= 0.3 is 0 Å². The number of benzene rings is 3. The van der Waals surface area contributed by atoms with Crippen LogP contribution in [0.15, 0.2) is 97.2 Å². The van der Waals surface area contributed by atoms with E-state index in [1.54, 1.807) is 12.1 Å². The molecule has 3 aromatic carbocycles. The summed E-state index contributed by atoms with van der Waals surface area (Å²) in [6.45, 7) is 0. The Morgan fingerprint density at radius 3 is 1.66 bits per heavy atom. The Hall–Kier alpha value is -3.46. The van der Waals surface area contributed by atoms with Crippen molar-refractivity contribution in [2.24, 2.45) is 0 Å². The number of hydrogen-bond donors (Lipinski definition) is 0. The molecule has 0 aliphatic heterocycles. The third-order valence-electron chi connectivity index (χ3n) is 6.10. The predicted octanol–water partition coefficient (Wildman–Crippen LogP) is 6.51. The molecule has 162 valence electrons. The van der Waals surface area contributed by atoms with Gasteiger partial charge in [-0.2, -0.15) is 0 Å². The normalized spacial score (nSPS) is 13.9. The summed E-state index contributed by atoms with van der Waals surface area (Å²) in [5.74, 6) is -0.263. The van der Waals surface area contributed by atoms with Crippen molar-refractivity contribution < 1.29 is 9.59 Å². The molecule has 0 aromatic heterocycles. The van der Waals surface area contributed by atoms with Crippen molar-refractivity contribution in [1.82, 2.24) is 4.90 Å². The number of carbonyl (C=O) groups is 2. The van der Waals surface area contributed by atoms with Crippen LogP contribution in [0.25, 0.3) is 5.57 Å². The Morgan fingerprint density at radius 1 is 0.688 bits per heavy atom. The van der Waals surface area contributed by atoms with Gasteiger partial charge in [0.15, 0.2) is 5.78 Å². The third-order valence-corrected chi connectivity index (χ3v) is 6.10. The van der Waals surface area contributed by atoms with Gasteiger partial charge in [-0.1, -0.05) is 110 Å². The van der Waals surface area contributed by atoms with Crippen LogP contribution in [0.2, 0.25) is 0 Å². The zero-order valence-electron chi connectivity index (χ0n) is 18.3. The maximum absolute atomic E-state index is 13.5. The van der Waals surface area contributed by atoms with Gasteiger partial charge in [0, 0.05) is 23.4 Å².